The molecule has 0 aromatic heterocycles. The minimum Gasteiger partial charge on any atom is -0.481 e. The van der Waals surface area contributed by atoms with Crippen LogP contribution in [0, 0.1) is 5.92 Å². The van der Waals surface area contributed by atoms with Crippen LogP contribution in [0.2, 0.25) is 5.02 Å². The van der Waals surface area contributed by atoms with Gasteiger partial charge in [0.05, 0.1) is 5.92 Å². The van der Waals surface area contributed by atoms with E-state index in [1.807, 2.05) is 24.3 Å². The van der Waals surface area contributed by atoms with Gasteiger partial charge < -0.3 is 5.11 Å². The van der Waals surface area contributed by atoms with Crippen molar-refractivity contribution in [1.29, 1.82) is 0 Å². The van der Waals surface area contributed by atoms with E-state index in [1.165, 1.54) is 5.56 Å². The maximum absolute atomic E-state index is 10.9. The Bertz CT molecular complexity index is 404. The van der Waals surface area contributed by atoms with Crippen LogP contribution in [0.25, 0.3) is 0 Å². The molecule has 1 aliphatic rings. The number of carboxylic acid groups (broad SMARTS) is 1. The van der Waals surface area contributed by atoms with Crippen molar-refractivity contribution in [3.8, 4) is 0 Å². The number of likely N-dealkylation sites (tertiary alicyclic amines) is 1. The third kappa shape index (κ3) is 2.79. The molecule has 0 aliphatic carbocycles. The normalized spacial score (nSPS) is 22.6. The predicted octanol–water partition coefficient (Wildman–Crippen LogP) is 2.81. The van der Waals surface area contributed by atoms with Crippen LogP contribution in [0.3, 0.4) is 0 Å². The van der Waals surface area contributed by atoms with Gasteiger partial charge in [0.2, 0.25) is 0 Å². The van der Waals surface area contributed by atoms with Crippen molar-refractivity contribution < 1.29 is 9.90 Å². The van der Waals surface area contributed by atoms with Crippen LogP contribution < -0.4 is 0 Å². The lowest BCUT2D eigenvalue weighted by molar-refractivity contribution is -0.141. The second-order valence-corrected chi connectivity index (χ2v) is 4.98. The summed E-state index contributed by atoms with van der Waals surface area (Å²) in [5.74, 6) is -0.902. The number of rotatable bonds is 3. The van der Waals surface area contributed by atoms with Gasteiger partial charge in [0.1, 0.15) is 0 Å². The average molecular weight is 254 g/mol. The van der Waals surface area contributed by atoms with Gasteiger partial charge in [-0.2, -0.15) is 0 Å². The molecule has 1 aromatic carbocycles. The Morgan fingerprint density at radius 1 is 1.47 bits per heavy atom. The van der Waals surface area contributed by atoms with Gasteiger partial charge in [-0.05, 0) is 37.6 Å². The highest BCUT2D eigenvalue weighted by atomic mass is 35.5. The lowest BCUT2D eigenvalue weighted by Crippen LogP contribution is -2.26. The average Bonchev–Trinajstić information content (AvgIpc) is 2.78. The summed E-state index contributed by atoms with van der Waals surface area (Å²) in [6.07, 6.45) is 0.743. The Hall–Kier alpha value is -1.06. The van der Waals surface area contributed by atoms with Crippen molar-refractivity contribution >= 4 is 17.6 Å². The van der Waals surface area contributed by atoms with Crippen LogP contribution in [-0.2, 0) is 4.79 Å². The Morgan fingerprint density at radius 3 is 2.65 bits per heavy atom. The van der Waals surface area contributed by atoms with Crippen molar-refractivity contribution in [3.05, 3.63) is 34.9 Å². The molecule has 3 nitrogen and oxygen atoms in total. The molecule has 1 fully saturated rings. The molecule has 0 radical (unpaired) electrons. The molecule has 1 aromatic rings. The Morgan fingerprint density at radius 2 is 2.12 bits per heavy atom. The summed E-state index contributed by atoms with van der Waals surface area (Å²) >= 11 is 5.85. The van der Waals surface area contributed by atoms with Gasteiger partial charge in [0.15, 0.2) is 0 Å². The fourth-order valence-corrected chi connectivity index (χ4v) is 2.42. The summed E-state index contributed by atoms with van der Waals surface area (Å²) in [6.45, 7) is 3.59. The lowest BCUT2D eigenvalue weighted by Gasteiger charge is -2.24. The van der Waals surface area contributed by atoms with E-state index in [1.54, 1.807) is 0 Å². The Kier molecular flexibility index (Phi) is 3.69. The molecule has 17 heavy (non-hydrogen) atoms. The number of halogens is 1. The van der Waals surface area contributed by atoms with Crippen molar-refractivity contribution in [2.24, 2.45) is 5.92 Å². The number of hydrogen-bond acceptors (Lipinski definition) is 2. The van der Waals surface area contributed by atoms with Crippen molar-refractivity contribution in [1.82, 2.24) is 4.90 Å². The molecule has 92 valence electrons. The monoisotopic (exact) mass is 253 g/mol. The van der Waals surface area contributed by atoms with Gasteiger partial charge in [0.25, 0.3) is 0 Å². The van der Waals surface area contributed by atoms with E-state index in [-0.39, 0.29) is 12.0 Å². The van der Waals surface area contributed by atoms with Gasteiger partial charge in [0, 0.05) is 17.6 Å². The largest absolute Gasteiger partial charge is 0.481 e. The highest BCUT2D eigenvalue weighted by Gasteiger charge is 2.30. The summed E-state index contributed by atoms with van der Waals surface area (Å²) in [4.78, 5) is 13.1. The highest BCUT2D eigenvalue weighted by molar-refractivity contribution is 6.30. The van der Waals surface area contributed by atoms with E-state index < -0.39 is 5.97 Å². The molecule has 1 N–H and O–H groups in total. The van der Waals surface area contributed by atoms with Crippen LogP contribution in [0.1, 0.15) is 24.9 Å². The number of carboxylic acids is 1. The molecule has 1 aliphatic heterocycles. The molecule has 0 saturated carbocycles. The number of hydrogen-bond donors (Lipinski definition) is 1. The summed E-state index contributed by atoms with van der Waals surface area (Å²) in [5, 5.41) is 9.70. The summed E-state index contributed by atoms with van der Waals surface area (Å²) in [7, 11) is 0. The SMILES string of the molecule is C[C@@H](c1ccc(Cl)cc1)N1CC[C@@H](C(=O)O)C1. The van der Waals surface area contributed by atoms with Gasteiger partial charge in [-0.15, -0.1) is 0 Å². The highest BCUT2D eigenvalue weighted by Crippen LogP contribution is 2.28. The third-order valence-electron chi connectivity index (χ3n) is 3.47. The van der Waals surface area contributed by atoms with Crippen LogP contribution >= 0.6 is 11.6 Å². The first kappa shape index (κ1) is 12.4. The molecule has 4 heteroatoms. The molecular formula is C13H16ClNO2. The zero-order valence-corrected chi connectivity index (χ0v) is 10.5. The number of benzene rings is 1. The summed E-state index contributed by atoms with van der Waals surface area (Å²) in [5.41, 5.74) is 1.18. The molecule has 0 unspecified atom stereocenters. The molecule has 1 heterocycles. The van der Waals surface area contributed by atoms with E-state index in [9.17, 15) is 4.79 Å². The van der Waals surface area contributed by atoms with Crippen molar-refractivity contribution in [2.45, 2.75) is 19.4 Å². The minimum absolute atomic E-state index is 0.218. The van der Waals surface area contributed by atoms with Crippen LogP contribution in [0.5, 0.6) is 0 Å². The first-order chi connectivity index (χ1) is 8.08. The van der Waals surface area contributed by atoms with Crippen LogP contribution in [0.15, 0.2) is 24.3 Å². The van der Waals surface area contributed by atoms with E-state index in [2.05, 4.69) is 11.8 Å². The van der Waals surface area contributed by atoms with E-state index in [0.29, 0.717) is 6.54 Å². The van der Waals surface area contributed by atoms with E-state index in [4.69, 9.17) is 16.7 Å². The van der Waals surface area contributed by atoms with Gasteiger partial charge in [-0.3, -0.25) is 9.69 Å². The molecular weight excluding hydrogens is 238 g/mol. The Balaban J connectivity index is 2.04. The molecule has 2 rings (SSSR count). The maximum Gasteiger partial charge on any atom is 0.307 e. The maximum atomic E-state index is 10.9. The smallest absolute Gasteiger partial charge is 0.307 e. The van der Waals surface area contributed by atoms with E-state index >= 15 is 0 Å². The standard InChI is InChI=1S/C13H16ClNO2/c1-9(10-2-4-12(14)5-3-10)15-7-6-11(8-15)13(16)17/h2-5,9,11H,6-8H2,1H3,(H,16,17)/t9-,11+/m0/s1. The molecule has 1 saturated heterocycles. The van der Waals surface area contributed by atoms with Crippen molar-refractivity contribution in [3.63, 3.8) is 0 Å². The molecule has 2 atom stereocenters. The first-order valence-electron chi connectivity index (χ1n) is 5.80. The van der Waals surface area contributed by atoms with Gasteiger partial charge in [-0.1, -0.05) is 23.7 Å². The fourth-order valence-electron chi connectivity index (χ4n) is 2.29. The molecule has 0 spiro atoms. The zero-order chi connectivity index (χ0) is 12.4. The Labute approximate surface area is 106 Å². The first-order valence-corrected chi connectivity index (χ1v) is 6.18. The van der Waals surface area contributed by atoms with E-state index in [0.717, 1.165) is 18.0 Å². The number of nitrogens with zero attached hydrogens (tertiary/aromatic N) is 1. The lowest BCUT2D eigenvalue weighted by atomic mass is 10.1. The summed E-state index contributed by atoms with van der Waals surface area (Å²) in [6, 6.07) is 8.00. The molecule has 0 amide bonds. The number of aliphatic carboxylic acids is 1. The zero-order valence-electron chi connectivity index (χ0n) is 9.77. The fraction of sp³-hybridized carbons (Fsp3) is 0.462. The number of carbonyl (C=O) groups is 1. The topological polar surface area (TPSA) is 40.5 Å². The summed E-state index contributed by atoms with van der Waals surface area (Å²) < 4.78 is 0. The third-order valence-corrected chi connectivity index (χ3v) is 3.72. The second kappa shape index (κ2) is 5.07. The van der Waals surface area contributed by atoms with Crippen LogP contribution in [0.4, 0.5) is 0 Å². The molecule has 0 bridgehead atoms. The van der Waals surface area contributed by atoms with Crippen LogP contribution in [-0.4, -0.2) is 29.1 Å². The predicted molar refractivity (Wildman–Crippen MR) is 67.2 cm³/mol. The second-order valence-electron chi connectivity index (χ2n) is 4.55. The van der Waals surface area contributed by atoms with Crippen molar-refractivity contribution in [2.75, 3.05) is 13.1 Å². The minimum atomic E-state index is -0.684. The van der Waals surface area contributed by atoms with Gasteiger partial charge >= 0.3 is 5.97 Å². The van der Waals surface area contributed by atoms with Gasteiger partial charge in [-0.25, -0.2) is 0 Å². The quantitative estimate of drug-likeness (QED) is 0.901.